The molecule has 0 aliphatic heterocycles. The highest BCUT2D eigenvalue weighted by Crippen LogP contribution is 2.11. The summed E-state index contributed by atoms with van der Waals surface area (Å²) in [5.41, 5.74) is 1.68. The van der Waals surface area contributed by atoms with Crippen molar-refractivity contribution in [2.45, 2.75) is 19.8 Å². The normalized spacial score (nSPS) is 10.5. The van der Waals surface area contributed by atoms with Gasteiger partial charge in [-0.3, -0.25) is 4.79 Å². The van der Waals surface area contributed by atoms with Crippen LogP contribution < -0.4 is 5.32 Å². The van der Waals surface area contributed by atoms with Gasteiger partial charge in [0.1, 0.15) is 12.4 Å². The van der Waals surface area contributed by atoms with E-state index in [1.807, 2.05) is 24.3 Å². The second-order valence-corrected chi connectivity index (χ2v) is 4.31. The first-order chi connectivity index (χ1) is 9.74. The molecule has 0 aliphatic rings. The summed E-state index contributed by atoms with van der Waals surface area (Å²) in [5.74, 6) is 0.562. The largest absolute Gasteiger partial charge is 0.453 e. The van der Waals surface area contributed by atoms with Gasteiger partial charge in [-0.2, -0.15) is 0 Å². The zero-order chi connectivity index (χ0) is 14.4. The van der Waals surface area contributed by atoms with E-state index in [-0.39, 0.29) is 18.3 Å². The van der Waals surface area contributed by atoms with Crippen molar-refractivity contribution in [3.8, 4) is 0 Å². The zero-order valence-corrected chi connectivity index (χ0v) is 11.3. The molecule has 0 bridgehead atoms. The molecule has 5 nitrogen and oxygen atoms in total. The fraction of sp³-hybridized carbons (Fsp3) is 0.267. The Bertz CT molecular complexity index is 577. The summed E-state index contributed by atoms with van der Waals surface area (Å²) < 4.78 is 10.3. The summed E-state index contributed by atoms with van der Waals surface area (Å²) in [5, 5.41) is 12.0. The van der Waals surface area contributed by atoms with Gasteiger partial charge in [0.15, 0.2) is 5.76 Å². The van der Waals surface area contributed by atoms with E-state index in [0.29, 0.717) is 18.9 Å². The second kappa shape index (κ2) is 6.88. The van der Waals surface area contributed by atoms with Crippen molar-refractivity contribution >= 4 is 5.91 Å². The zero-order valence-electron chi connectivity index (χ0n) is 11.3. The van der Waals surface area contributed by atoms with E-state index in [1.54, 1.807) is 19.2 Å². The third kappa shape index (κ3) is 3.46. The van der Waals surface area contributed by atoms with Gasteiger partial charge in [0, 0.05) is 13.7 Å². The fourth-order valence-corrected chi connectivity index (χ4v) is 1.87. The van der Waals surface area contributed by atoms with Crippen LogP contribution in [0.15, 0.2) is 40.8 Å². The molecule has 0 radical (unpaired) electrons. The summed E-state index contributed by atoms with van der Waals surface area (Å²) >= 11 is 0. The fourth-order valence-electron chi connectivity index (χ4n) is 1.87. The maximum absolute atomic E-state index is 11.9. The maximum atomic E-state index is 11.9. The van der Waals surface area contributed by atoms with Crippen LogP contribution in [0.5, 0.6) is 0 Å². The van der Waals surface area contributed by atoms with Crippen LogP contribution in [0.3, 0.4) is 0 Å². The van der Waals surface area contributed by atoms with E-state index >= 15 is 0 Å². The molecule has 2 N–H and O–H groups in total. The maximum Gasteiger partial charge on any atom is 0.287 e. The quantitative estimate of drug-likeness (QED) is 0.844. The van der Waals surface area contributed by atoms with Crippen LogP contribution in [0.2, 0.25) is 0 Å². The molecule has 0 fully saturated rings. The van der Waals surface area contributed by atoms with E-state index < -0.39 is 0 Å². The van der Waals surface area contributed by atoms with E-state index in [9.17, 15) is 9.90 Å². The van der Waals surface area contributed by atoms with Gasteiger partial charge in [0.25, 0.3) is 5.91 Å². The average molecular weight is 275 g/mol. The Kier molecular flexibility index (Phi) is 4.92. The van der Waals surface area contributed by atoms with E-state index in [4.69, 9.17) is 9.15 Å². The first-order valence-corrected chi connectivity index (χ1v) is 6.28. The van der Waals surface area contributed by atoms with E-state index in [1.165, 1.54) is 0 Å². The van der Waals surface area contributed by atoms with E-state index in [0.717, 1.165) is 11.1 Å². The highest BCUT2D eigenvalue weighted by atomic mass is 16.5. The van der Waals surface area contributed by atoms with Gasteiger partial charge in [-0.25, -0.2) is 0 Å². The van der Waals surface area contributed by atoms with Crippen molar-refractivity contribution in [2.24, 2.45) is 0 Å². The minimum atomic E-state index is -0.292. The summed E-state index contributed by atoms with van der Waals surface area (Å²) in [4.78, 5) is 11.9. The molecule has 0 aliphatic carbocycles. The number of ether oxygens (including phenoxy) is 1. The number of methoxy groups -OCH3 is 1. The first-order valence-electron chi connectivity index (χ1n) is 6.28. The van der Waals surface area contributed by atoms with Gasteiger partial charge < -0.3 is 19.6 Å². The van der Waals surface area contributed by atoms with Crippen LogP contribution in [0.1, 0.15) is 27.4 Å². The third-order valence-electron chi connectivity index (χ3n) is 2.90. The van der Waals surface area contributed by atoms with Crippen LogP contribution in [0.25, 0.3) is 0 Å². The SMILES string of the molecule is COCc1ccc(C(=O)NCc2ccccc2CO)o1. The highest BCUT2D eigenvalue weighted by molar-refractivity contribution is 5.91. The lowest BCUT2D eigenvalue weighted by molar-refractivity contribution is 0.0914. The predicted molar refractivity (Wildman–Crippen MR) is 73.0 cm³/mol. The monoisotopic (exact) mass is 275 g/mol. The van der Waals surface area contributed by atoms with Gasteiger partial charge in [-0.05, 0) is 23.3 Å². The van der Waals surface area contributed by atoms with Gasteiger partial charge in [-0.15, -0.1) is 0 Å². The lowest BCUT2D eigenvalue weighted by Crippen LogP contribution is -2.22. The van der Waals surface area contributed by atoms with Crippen molar-refractivity contribution in [1.82, 2.24) is 5.32 Å². The Morgan fingerprint density at radius 3 is 2.70 bits per heavy atom. The lowest BCUT2D eigenvalue weighted by Gasteiger charge is -2.07. The van der Waals surface area contributed by atoms with Crippen molar-refractivity contribution < 1.29 is 19.1 Å². The number of aliphatic hydroxyl groups is 1. The molecule has 0 atom stereocenters. The first kappa shape index (κ1) is 14.3. The Labute approximate surface area is 117 Å². The Hall–Kier alpha value is -2.11. The molecule has 2 aromatic rings. The molecular formula is C15H17NO4. The molecule has 106 valence electrons. The topological polar surface area (TPSA) is 71.7 Å². The minimum absolute atomic E-state index is 0.0508. The molecule has 5 heteroatoms. The van der Waals surface area contributed by atoms with Crippen LogP contribution in [0.4, 0.5) is 0 Å². The summed E-state index contributed by atoms with van der Waals surface area (Å²) in [6.07, 6.45) is 0. The molecule has 0 saturated carbocycles. The van der Waals surface area contributed by atoms with Crippen molar-refractivity contribution in [1.29, 1.82) is 0 Å². The highest BCUT2D eigenvalue weighted by Gasteiger charge is 2.11. The van der Waals surface area contributed by atoms with Crippen LogP contribution in [-0.2, 0) is 24.5 Å². The Balaban J connectivity index is 1.97. The lowest BCUT2D eigenvalue weighted by atomic mass is 10.1. The number of carbonyl (C=O) groups is 1. The van der Waals surface area contributed by atoms with Gasteiger partial charge >= 0.3 is 0 Å². The molecule has 1 heterocycles. The molecule has 0 spiro atoms. The Morgan fingerprint density at radius 1 is 1.25 bits per heavy atom. The van der Waals surface area contributed by atoms with Crippen molar-refractivity contribution in [2.75, 3.05) is 7.11 Å². The minimum Gasteiger partial charge on any atom is -0.453 e. The summed E-state index contributed by atoms with van der Waals surface area (Å²) in [7, 11) is 1.56. The summed E-state index contributed by atoms with van der Waals surface area (Å²) in [6, 6.07) is 10.7. The number of amides is 1. The van der Waals surface area contributed by atoms with Gasteiger partial charge in [0.2, 0.25) is 0 Å². The molecule has 2 rings (SSSR count). The smallest absolute Gasteiger partial charge is 0.287 e. The van der Waals surface area contributed by atoms with Crippen LogP contribution in [0, 0.1) is 0 Å². The average Bonchev–Trinajstić information content (AvgIpc) is 2.94. The molecule has 1 amide bonds. The standard InChI is InChI=1S/C15H17NO4/c1-19-10-13-6-7-14(20-13)15(18)16-8-11-4-2-3-5-12(11)9-17/h2-7,17H,8-10H2,1H3,(H,16,18). The van der Waals surface area contributed by atoms with Gasteiger partial charge in [-0.1, -0.05) is 24.3 Å². The van der Waals surface area contributed by atoms with Crippen molar-refractivity contribution in [3.05, 3.63) is 59.0 Å². The number of carbonyl (C=O) groups excluding carboxylic acids is 1. The number of hydrogen-bond donors (Lipinski definition) is 2. The molecule has 0 unspecified atom stereocenters. The van der Waals surface area contributed by atoms with Crippen molar-refractivity contribution in [3.63, 3.8) is 0 Å². The Morgan fingerprint density at radius 2 is 2.00 bits per heavy atom. The number of benzene rings is 1. The predicted octanol–water partition coefficient (Wildman–Crippen LogP) is 1.85. The third-order valence-corrected chi connectivity index (χ3v) is 2.90. The molecular weight excluding hydrogens is 258 g/mol. The number of rotatable bonds is 6. The molecule has 0 saturated heterocycles. The number of aliphatic hydroxyl groups excluding tert-OH is 1. The number of furan rings is 1. The number of nitrogens with one attached hydrogen (secondary N) is 1. The van der Waals surface area contributed by atoms with E-state index in [2.05, 4.69) is 5.32 Å². The van der Waals surface area contributed by atoms with Crippen LogP contribution in [-0.4, -0.2) is 18.1 Å². The molecule has 20 heavy (non-hydrogen) atoms. The number of hydrogen-bond acceptors (Lipinski definition) is 4. The molecule has 1 aromatic heterocycles. The van der Waals surface area contributed by atoms with Crippen LogP contribution >= 0.6 is 0 Å². The molecule has 1 aromatic carbocycles. The van der Waals surface area contributed by atoms with Gasteiger partial charge in [0.05, 0.1) is 6.61 Å². The second-order valence-electron chi connectivity index (χ2n) is 4.31. The summed E-state index contributed by atoms with van der Waals surface area (Å²) in [6.45, 7) is 0.626.